The van der Waals surface area contributed by atoms with Gasteiger partial charge in [0.15, 0.2) is 5.84 Å². The van der Waals surface area contributed by atoms with Crippen LogP contribution in [0.3, 0.4) is 0 Å². The van der Waals surface area contributed by atoms with Crippen LogP contribution < -0.4 is 10.6 Å². The normalized spacial score (nSPS) is 24.4. The summed E-state index contributed by atoms with van der Waals surface area (Å²) < 4.78 is 0. The minimum absolute atomic E-state index is 0.117. The molecule has 0 aromatic rings. The van der Waals surface area contributed by atoms with Gasteiger partial charge in [-0.2, -0.15) is 0 Å². The lowest BCUT2D eigenvalue weighted by Gasteiger charge is -2.16. The van der Waals surface area contributed by atoms with Crippen LogP contribution in [0.5, 0.6) is 0 Å². The standard InChI is InChI=1S/C8H15N3O/c1-5(2)9-6-7(12)11-8(3,4)10-6/h5H,1-4H3,(H,9,10)(H,11,12). The number of carbonyl (C=O) groups is 1. The maximum Gasteiger partial charge on any atom is 0.288 e. The summed E-state index contributed by atoms with van der Waals surface area (Å²) in [6, 6.07) is 0.146. The Morgan fingerprint density at radius 1 is 1.33 bits per heavy atom. The van der Waals surface area contributed by atoms with Crippen LogP contribution in [0, 0.1) is 0 Å². The average molecular weight is 169 g/mol. The minimum Gasteiger partial charge on any atom is -0.344 e. The molecule has 1 heterocycles. The van der Waals surface area contributed by atoms with E-state index in [1.54, 1.807) is 0 Å². The Morgan fingerprint density at radius 2 is 1.92 bits per heavy atom. The Kier molecular flexibility index (Phi) is 2.08. The van der Waals surface area contributed by atoms with E-state index in [4.69, 9.17) is 0 Å². The van der Waals surface area contributed by atoms with Gasteiger partial charge in [0, 0.05) is 6.04 Å². The first-order valence-electron chi connectivity index (χ1n) is 4.09. The molecule has 0 aromatic heterocycles. The number of rotatable bonds is 1. The third kappa shape index (κ3) is 1.96. The van der Waals surface area contributed by atoms with E-state index in [1.807, 2.05) is 27.7 Å². The molecule has 1 fully saturated rings. The van der Waals surface area contributed by atoms with Crippen molar-refractivity contribution < 1.29 is 4.79 Å². The third-order valence-corrected chi connectivity index (χ3v) is 1.46. The van der Waals surface area contributed by atoms with Gasteiger partial charge >= 0.3 is 0 Å². The monoisotopic (exact) mass is 169 g/mol. The molecule has 0 unspecified atom stereocenters. The van der Waals surface area contributed by atoms with Crippen molar-refractivity contribution in [3.05, 3.63) is 0 Å². The molecule has 4 heteroatoms. The van der Waals surface area contributed by atoms with E-state index < -0.39 is 0 Å². The van der Waals surface area contributed by atoms with Crippen LogP contribution in [-0.2, 0) is 4.79 Å². The molecule has 12 heavy (non-hydrogen) atoms. The second-order valence-corrected chi connectivity index (χ2v) is 3.78. The quantitative estimate of drug-likeness (QED) is 0.591. The van der Waals surface area contributed by atoms with Gasteiger partial charge in [-0.15, -0.1) is 0 Å². The molecule has 4 nitrogen and oxygen atoms in total. The van der Waals surface area contributed by atoms with Gasteiger partial charge in [-0.1, -0.05) is 0 Å². The summed E-state index contributed by atoms with van der Waals surface area (Å²) in [6.45, 7) is 7.67. The fourth-order valence-corrected chi connectivity index (χ4v) is 1.08. The van der Waals surface area contributed by atoms with E-state index in [0.717, 1.165) is 0 Å². The van der Waals surface area contributed by atoms with Gasteiger partial charge in [0.2, 0.25) is 0 Å². The molecule has 1 saturated heterocycles. The molecular weight excluding hydrogens is 154 g/mol. The first-order chi connectivity index (χ1) is 5.41. The van der Waals surface area contributed by atoms with Gasteiger partial charge in [-0.25, -0.2) is 0 Å². The second-order valence-electron chi connectivity index (χ2n) is 3.78. The van der Waals surface area contributed by atoms with Crippen molar-refractivity contribution in [1.29, 1.82) is 0 Å². The average Bonchev–Trinajstić information content (AvgIpc) is 2.03. The molecule has 0 aliphatic carbocycles. The minimum atomic E-state index is -0.356. The van der Waals surface area contributed by atoms with Crippen molar-refractivity contribution in [2.75, 3.05) is 0 Å². The topological polar surface area (TPSA) is 53.5 Å². The molecule has 0 atom stereocenters. The third-order valence-electron chi connectivity index (χ3n) is 1.46. The van der Waals surface area contributed by atoms with Crippen LogP contribution in [0.25, 0.3) is 0 Å². The van der Waals surface area contributed by atoms with E-state index in [-0.39, 0.29) is 17.6 Å². The number of hydrogen-bond acceptors (Lipinski definition) is 2. The lowest BCUT2D eigenvalue weighted by Crippen LogP contribution is -2.43. The van der Waals surface area contributed by atoms with Gasteiger partial charge in [0.05, 0.1) is 0 Å². The first kappa shape index (κ1) is 9.03. The molecule has 0 spiro atoms. The van der Waals surface area contributed by atoms with Gasteiger partial charge < -0.3 is 10.6 Å². The second kappa shape index (κ2) is 2.77. The van der Waals surface area contributed by atoms with Crippen LogP contribution in [-0.4, -0.2) is 23.4 Å². The zero-order valence-corrected chi connectivity index (χ0v) is 7.93. The van der Waals surface area contributed by atoms with E-state index in [0.29, 0.717) is 5.84 Å². The van der Waals surface area contributed by atoms with Crippen molar-refractivity contribution >= 4 is 11.7 Å². The summed E-state index contributed by atoms with van der Waals surface area (Å²) in [5.74, 6) is 0.323. The van der Waals surface area contributed by atoms with Crippen molar-refractivity contribution in [2.45, 2.75) is 39.4 Å². The van der Waals surface area contributed by atoms with Crippen LogP contribution in [0.4, 0.5) is 0 Å². The highest BCUT2D eigenvalue weighted by atomic mass is 16.2. The van der Waals surface area contributed by atoms with Crippen molar-refractivity contribution in [1.82, 2.24) is 10.6 Å². The Balaban J connectivity index is 2.77. The fraction of sp³-hybridized carbons (Fsp3) is 0.750. The van der Waals surface area contributed by atoms with Gasteiger partial charge in [0.25, 0.3) is 5.91 Å². The van der Waals surface area contributed by atoms with E-state index in [9.17, 15) is 4.79 Å². The number of carbonyl (C=O) groups excluding carboxylic acids is 1. The largest absolute Gasteiger partial charge is 0.344 e. The molecule has 2 N–H and O–H groups in total. The first-order valence-corrected chi connectivity index (χ1v) is 4.09. The summed E-state index contributed by atoms with van der Waals surface area (Å²) >= 11 is 0. The number of nitrogens with one attached hydrogen (secondary N) is 2. The van der Waals surface area contributed by atoms with Gasteiger partial charge in [0.1, 0.15) is 5.66 Å². The molecule has 1 aliphatic heterocycles. The molecule has 0 radical (unpaired) electrons. The summed E-state index contributed by atoms with van der Waals surface area (Å²) in [4.78, 5) is 15.4. The fourth-order valence-electron chi connectivity index (χ4n) is 1.08. The van der Waals surface area contributed by atoms with Gasteiger partial charge in [-0.05, 0) is 27.7 Å². The smallest absolute Gasteiger partial charge is 0.288 e. The number of amides is 1. The van der Waals surface area contributed by atoms with Crippen LogP contribution in [0.15, 0.2) is 4.99 Å². The predicted molar refractivity (Wildman–Crippen MR) is 47.9 cm³/mol. The number of aliphatic imine (C=N–C) groups is 1. The summed E-state index contributed by atoms with van der Waals surface area (Å²) in [7, 11) is 0. The Bertz CT molecular complexity index is 230. The van der Waals surface area contributed by atoms with Gasteiger partial charge in [-0.3, -0.25) is 9.79 Å². The van der Waals surface area contributed by atoms with Crippen LogP contribution >= 0.6 is 0 Å². The van der Waals surface area contributed by atoms with E-state index >= 15 is 0 Å². The summed E-state index contributed by atoms with van der Waals surface area (Å²) in [5.41, 5.74) is -0.356. The molecule has 68 valence electrons. The maximum atomic E-state index is 11.2. The highest BCUT2D eigenvalue weighted by Crippen LogP contribution is 2.04. The van der Waals surface area contributed by atoms with Crippen LogP contribution in [0.2, 0.25) is 0 Å². The van der Waals surface area contributed by atoms with Crippen molar-refractivity contribution in [3.63, 3.8) is 0 Å². The molecule has 1 amide bonds. The predicted octanol–water partition coefficient (Wildman–Crippen LogP) is 0.249. The summed E-state index contributed by atoms with van der Waals surface area (Å²) in [6.07, 6.45) is 0. The Morgan fingerprint density at radius 3 is 2.25 bits per heavy atom. The zero-order valence-electron chi connectivity index (χ0n) is 7.93. The molecular formula is C8H15N3O. The number of hydrogen-bond donors (Lipinski definition) is 2. The molecule has 1 aliphatic rings. The SMILES string of the molecule is CC(C)N=C1NC(C)(C)NC1=O. The zero-order chi connectivity index (χ0) is 9.35. The van der Waals surface area contributed by atoms with E-state index in [1.165, 1.54) is 0 Å². The number of amidine groups is 1. The molecule has 0 saturated carbocycles. The lowest BCUT2D eigenvalue weighted by molar-refractivity contribution is -0.114. The molecule has 0 bridgehead atoms. The summed E-state index contributed by atoms with van der Waals surface area (Å²) in [5, 5.41) is 5.77. The Labute approximate surface area is 72.4 Å². The molecule has 0 aromatic carbocycles. The maximum absolute atomic E-state index is 11.2. The highest BCUT2D eigenvalue weighted by Gasteiger charge is 2.32. The Hall–Kier alpha value is -1.06. The lowest BCUT2D eigenvalue weighted by atomic mass is 10.3. The number of nitrogens with zero attached hydrogens (tertiary/aromatic N) is 1. The highest BCUT2D eigenvalue weighted by molar-refractivity contribution is 6.40. The van der Waals surface area contributed by atoms with E-state index in [2.05, 4.69) is 15.6 Å². The van der Waals surface area contributed by atoms with Crippen LogP contribution in [0.1, 0.15) is 27.7 Å². The van der Waals surface area contributed by atoms with Crippen molar-refractivity contribution in [3.8, 4) is 0 Å². The van der Waals surface area contributed by atoms with Crippen molar-refractivity contribution in [2.24, 2.45) is 4.99 Å². The molecule has 1 rings (SSSR count).